The molecule has 2 fully saturated rings. The van der Waals surface area contributed by atoms with Gasteiger partial charge in [0.15, 0.2) is 0 Å². The summed E-state index contributed by atoms with van der Waals surface area (Å²) in [6.07, 6.45) is 3.95. The largest absolute Gasteiger partial charge is 0.487 e. The van der Waals surface area contributed by atoms with Crippen LogP contribution in [-0.2, 0) is 24.3 Å². The maximum atomic E-state index is 14.3. The number of hydrogen-bond donors (Lipinski definition) is 1. The van der Waals surface area contributed by atoms with Gasteiger partial charge in [-0.1, -0.05) is 29.8 Å². The zero-order valence-electron chi connectivity index (χ0n) is 22.1. The summed E-state index contributed by atoms with van der Waals surface area (Å²) < 4.78 is 28.2. The van der Waals surface area contributed by atoms with Gasteiger partial charge in [-0.05, 0) is 67.6 Å². The maximum absolute atomic E-state index is 14.3. The Kier molecular flexibility index (Phi) is 7.63. The first-order chi connectivity index (χ1) is 19.4. The van der Waals surface area contributed by atoms with Crippen LogP contribution < -0.4 is 9.64 Å². The van der Waals surface area contributed by atoms with Crippen LogP contribution in [-0.4, -0.2) is 46.4 Å². The number of piperidine rings is 1. The summed E-state index contributed by atoms with van der Waals surface area (Å²) in [6, 6.07) is 17.6. The lowest BCUT2D eigenvalue weighted by Gasteiger charge is -2.34. The second-order valence-corrected chi connectivity index (χ2v) is 11.0. The van der Waals surface area contributed by atoms with Crippen LogP contribution in [0, 0.1) is 11.7 Å². The van der Waals surface area contributed by atoms with Gasteiger partial charge in [-0.2, -0.15) is 0 Å². The van der Waals surface area contributed by atoms with Crippen LogP contribution in [0.4, 0.5) is 10.1 Å². The third-order valence-corrected chi connectivity index (χ3v) is 8.18. The highest BCUT2D eigenvalue weighted by atomic mass is 35.5. The maximum Gasteiger partial charge on any atom is 0.335 e. The van der Waals surface area contributed by atoms with Gasteiger partial charge in [0.1, 0.15) is 24.0 Å². The van der Waals surface area contributed by atoms with E-state index in [0.717, 1.165) is 73.7 Å². The van der Waals surface area contributed by atoms with E-state index >= 15 is 0 Å². The number of aromatic carboxylic acids is 1. The first kappa shape index (κ1) is 26.6. The van der Waals surface area contributed by atoms with E-state index in [-0.39, 0.29) is 24.1 Å². The number of fused-ring (bicyclic) bond motifs is 1. The summed E-state index contributed by atoms with van der Waals surface area (Å²) in [5.74, 6) is 0.849. The highest BCUT2D eigenvalue weighted by Gasteiger charge is 2.26. The number of anilines is 1. The van der Waals surface area contributed by atoms with Crippen LogP contribution in [0.25, 0.3) is 11.0 Å². The number of aromatic nitrogens is 2. The molecule has 1 aromatic heterocycles. The minimum Gasteiger partial charge on any atom is -0.487 e. The molecule has 3 heterocycles. The predicted molar refractivity (Wildman–Crippen MR) is 152 cm³/mol. The Hall–Kier alpha value is -3.62. The molecule has 0 bridgehead atoms. The van der Waals surface area contributed by atoms with Crippen LogP contribution in [0.5, 0.6) is 5.75 Å². The molecule has 7 nitrogen and oxygen atoms in total. The lowest BCUT2D eigenvalue weighted by atomic mass is 9.92. The van der Waals surface area contributed by atoms with Gasteiger partial charge in [0.25, 0.3) is 0 Å². The van der Waals surface area contributed by atoms with E-state index in [1.807, 2.05) is 24.3 Å². The third-order valence-electron chi connectivity index (χ3n) is 7.94. The Bertz CT molecular complexity index is 1530. The molecule has 0 spiro atoms. The molecule has 3 aromatic carbocycles. The number of imidazole rings is 1. The number of ether oxygens (including phenoxy) is 2. The molecule has 208 valence electrons. The fourth-order valence-electron chi connectivity index (χ4n) is 5.57. The predicted octanol–water partition coefficient (Wildman–Crippen LogP) is 6.35. The van der Waals surface area contributed by atoms with Crippen molar-refractivity contribution in [1.82, 2.24) is 9.55 Å². The van der Waals surface area contributed by atoms with Crippen molar-refractivity contribution < 1.29 is 23.8 Å². The number of carboxylic acid groups (broad SMARTS) is 1. The fourth-order valence-corrected chi connectivity index (χ4v) is 5.73. The SMILES string of the molecule is O=C(O)c1ccc2nc(CC3CCN(c4ccccc4OCc4ccc(Cl)cc4F)CC3)n(C[C@@H]3CCO3)c2c1. The molecule has 0 radical (unpaired) electrons. The summed E-state index contributed by atoms with van der Waals surface area (Å²) in [4.78, 5) is 18.8. The minimum atomic E-state index is -0.939. The van der Waals surface area contributed by atoms with Crippen LogP contribution in [0.1, 0.15) is 41.0 Å². The van der Waals surface area contributed by atoms with E-state index < -0.39 is 5.97 Å². The lowest BCUT2D eigenvalue weighted by Crippen LogP contribution is -2.35. The molecule has 1 atom stereocenters. The van der Waals surface area contributed by atoms with Gasteiger partial charge in [-0.15, -0.1) is 0 Å². The monoisotopic (exact) mass is 563 g/mol. The molecule has 0 unspecified atom stereocenters. The lowest BCUT2D eigenvalue weighted by molar-refractivity contribution is -0.0590. The number of carbonyl (C=O) groups is 1. The van der Waals surface area contributed by atoms with E-state index in [0.29, 0.717) is 23.0 Å². The number of para-hydroxylation sites is 2. The normalized spacial score (nSPS) is 17.6. The standard InChI is InChI=1S/C31H31ClFN3O4/c32-23-7-5-22(25(33)17-23)19-40-29-4-2-1-3-27(29)35-12-9-20(10-13-35)15-30-34-26-8-6-21(31(37)38)16-28(26)36(30)18-24-11-14-39-24/h1-8,16-17,20,24H,9-15,18-19H2,(H,37,38)/t24-/m0/s1. The van der Waals surface area contributed by atoms with Crippen LogP contribution >= 0.6 is 11.6 Å². The molecule has 2 aliphatic heterocycles. The number of halogens is 2. The minimum absolute atomic E-state index is 0.126. The van der Waals surface area contributed by atoms with Crippen molar-refractivity contribution in [3.8, 4) is 5.75 Å². The Morgan fingerprint density at radius 3 is 2.62 bits per heavy atom. The van der Waals surface area contributed by atoms with Crippen molar-refractivity contribution in [1.29, 1.82) is 0 Å². The zero-order valence-corrected chi connectivity index (χ0v) is 22.8. The summed E-state index contributed by atoms with van der Waals surface area (Å²) in [6.45, 7) is 3.32. The highest BCUT2D eigenvalue weighted by molar-refractivity contribution is 6.30. The van der Waals surface area contributed by atoms with Gasteiger partial charge in [0.2, 0.25) is 0 Å². The van der Waals surface area contributed by atoms with Gasteiger partial charge in [-0.25, -0.2) is 14.2 Å². The summed E-state index contributed by atoms with van der Waals surface area (Å²) in [7, 11) is 0. The second kappa shape index (κ2) is 11.5. The molecule has 0 saturated carbocycles. The van der Waals surface area contributed by atoms with Crippen molar-refractivity contribution >= 4 is 34.3 Å². The molecular formula is C31H31ClFN3O4. The topological polar surface area (TPSA) is 76.8 Å². The Morgan fingerprint density at radius 2 is 1.90 bits per heavy atom. The van der Waals surface area contributed by atoms with E-state index in [1.165, 1.54) is 6.07 Å². The van der Waals surface area contributed by atoms with E-state index in [2.05, 4.69) is 9.47 Å². The quantitative estimate of drug-likeness (QED) is 0.255. The molecule has 6 rings (SSSR count). The molecule has 9 heteroatoms. The first-order valence-corrected chi connectivity index (χ1v) is 14.1. The van der Waals surface area contributed by atoms with Crippen molar-refractivity contribution in [2.75, 3.05) is 24.6 Å². The van der Waals surface area contributed by atoms with E-state index in [4.69, 9.17) is 26.1 Å². The Labute approximate surface area is 237 Å². The molecule has 2 aliphatic rings. The van der Waals surface area contributed by atoms with Gasteiger partial charge in [0, 0.05) is 36.7 Å². The Morgan fingerprint density at radius 1 is 1.10 bits per heavy atom. The number of nitrogens with zero attached hydrogens (tertiary/aromatic N) is 3. The molecule has 4 aromatic rings. The molecule has 1 N–H and O–H groups in total. The van der Waals surface area contributed by atoms with Crippen molar-refractivity contribution in [2.24, 2.45) is 5.92 Å². The number of rotatable bonds is 9. The molecule has 0 amide bonds. The summed E-state index contributed by atoms with van der Waals surface area (Å²) >= 11 is 5.88. The number of hydrogen-bond acceptors (Lipinski definition) is 5. The van der Waals surface area contributed by atoms with Crippen molar-refractivity contribution in [3.05, 3.63) is 88.5 Å². The van der Waals surface area contributed by atoms with Gasteiger partial charge in [0.05, 0.1) is 34.9 Å². The van der Waals surface area contributed by atoms with Gasteiger partial charge in [-0.3, -0.25) is 0 Å². The summed E-state index contributed by atoms with van der Waals surface area (Å²) in [5.41, 5.74) is 3.41. The van der Waals surface area contributed by atoms with E-state index in [1.54, 1.807) is 30.3 Å². The van der Waals surface area contributed by atoms with Crippen LogP contribution in [0.15, 0.2) is 60.7 Å². The number of benzene rings is 3. The number of carboxylic acids is 1. The smallest absolute Gasteiger partial charge is 0.335 e. The first-order valence-electron chi connectivity index (χ1n) is 13.7. The average Bonchev–Trinajstić information content (AvgIpc) is 3.26. The molecular weight excluding hydrogens is 533 g/mol. The second-order valence-electron chi connectivity index (χ2n) is 10.6. The zero-order chi connectivity index (χ0) is 27.6. The molecule has 0 aliphatic carbocycles. The van der Waals surface area contributed by atoms with Gasteiger partial charge >= 0.3 is 5.97 Å². The summed E-state index contributed by atoms with van der Waals surface area (Å²) in [5, 5.41) is 9.87. The van der Waals surface area contributed by atoms with Crippen molar-refractivity contribution in [3.63, 3.8) is 0 Å². The average molecular weight is 564 g/mol. The molecule has 40 heavy (non-hydrogen) atoms. The van der Waals surface area contributed by atoms with Crippen LogP contribution in [0.2, 0.25) is 5.02 Å². The highest BCUT2D eigenvalue weighted by Crippen LogP contribution is 2.34. The fraction of sp³-hybridized carbons (Fsp3) is 0.355. The third kappa shape index (κ3) is 5.64. The Balaban J connectivity index is 1.14. The van der Waals surface area contributed by atoms with E-state index in [9.17, 15) is 14.3 Å². The van der Waals surface area contributed by atoms with Gasteiger partial charge < -0.3 is 24.0 Å². The van der Waals surface area contributed by atoms with Crippen LogP contribution in [0.3, 0.4) is 0 Å². The van der Waals surface area contributed by atoms with Crippen molar-refractivity contribution in [2.45, 2.75) is 44.9 Å². The molecule has 2 saturated heterocycles.